The van der Waals surface area contributed by atoms with Crippen molar-refractivity contribution >= 4 is 0 Å². The second-order valence-corrected chi connectivity index (χ2v) is 4.37. The van der Waals surface area contributed by atoms with E-state index >= 15 is 0 Å². The van der Waals surface area contributed by atoms with Gasteiger partial charge < -0.3 is 4.90 Å². The number of nitrogens with zero attached hydrogens (tertiary/aromatic N) is 1. The van der Waals surface area contributed by atoms with Gasteiger partial charge >= 0.3 is 0 Å². The lowest BCUT2D eigenvalue weighted by Crippen LogP contribution is -2.12. The lowest BCUT2D eigenvalue weighted by Gasteiger charge is -2.15. The Labute approximate surface area is 88.9 Å². The van der Waals surface area contributed by atoms with Gasteiger partial charge in [-0.2, -0.15) is 0 Å². The predicted octanol–water partition coefficient (Wildman–Crippen LogP) is 2.73. The first-order valence-electron chi connectivity index (χ1n) is 5.74. The Balaban J connectivity index is 2.06. The summed E-state index contributed by atoms with van der Waals surface area (Å²) >= 11 is 0. The molecule has 0 aromatic rings. The Bertz CT molecular complexity index is 191. The van der Waals surface area contributed by atoms with Crippen LogP contribution in [0.25, 0.3) is 0 Å². The number of rotatable bonds is 3. The van der Waals surface area contributed by atoms with Gasteiger partial charge in [-0.25, -0.2) is 0 Å². The Morgan fingerprint density at radius 3 is 2.64 bits per heavy atom. The van der Waals surface area contributed by atoms with Gasteiger partial charge in [-0.15, -0.1) is 5.92 Å². The van der Waals surface area contributed by atoms with Gasteiger partial charge in [-0.1, -0.05) is 5.92 Å². The zero-order valence-corrected chi connectivity index (χ0v) is 9.55. The quantitative estimate of drug-likeness (QED) is 0.491. The van der Waals surface area contributed by atoms with Crippen LogP contribution in [0.5, 0.6) is 0 Å². The van der Waals surface area contributed by atoms with E-state index in [1.165, 1.54) is 32.1 Å². The predicted molar refractivity (Wildman–Crippen MR) is 61.8 cm³/mol. The van der Waals surface area contributed by atoms with Crippen LogP contribution in [0, 0.1) is 24.2 Å². The molecule has 14 heavy (non-hydrogen) atoms. The lowest BCUT2D eigenvalue weighted by molar-refractivity contribution is 0.403. The van der Waals surface area contributed by atoms with Gasteiger partial charge in [0.1, 0.15) is 0 Å². The number of hydrogen-bond donors (Lipinski definition) is 0. The minimum absolute atomic E-state index is 0.694. The maximum absolute atomic E-state index is 3.41. The third-order valence-electron chi connectivity index (χ3n) is 2.65. The molecular formula is C13H22N. The zero-order valence-electron chi connectivity index (χ0n) is 9.55. The van der Waals surface area contributed by atoms with Crippen molar-refractivity contribution in [3.63, 3.8) is 0 Å². The lowest BCUT2D eigenvalue weighted by atomic mass is 9.90. The smallest absolute Gasteiger partial charge is 0.0203 e. The average molecular weight is 192 g/mol. The van der Waals surface area contributed by atoms with Crippen LogP contribution in [-0.2, 0) is 0 Å². The minimum atomic E-state index is 0.694. The molecule has 0 bridgehead atoms. The molecule has 1 rings (SSSR count). The van der Waals surface area contributed by atoms with E-state index in [1.54, 1.807) is 0 Å². The fourth-order valence-electron chi connectivity index (χ4n) is 1.77. The van der Waals surface area contributed by atoms with E-state index in [2.05, 4.69) is 37.3 Å². The van der Waals surface area contributed by atoms with Gasteiger partial charge in [0.25, 0.3) is 0 Å². The van der Waals surface area contributed by atoms with Crippen molar-refractivity contribution in [1.82, 2.24) is 4.90 Å². The molecule has 0 heterocycles. The molecule has 0 N–H and O–H groups in total. The molecule has 0 aromatic carbocycles. The summed E-state index contributed by atoms with van der Waals surface area (Å²) in [6, 6.07) is 0. The summed E-state index contributed by atoms with van der Waals surface area (Å²) in [5, 5.41) is 0. The maximum atomic E-state index is 3.41. The first kappa shape index (κ1) is 11.6. The summed E-state index contributed by atoms with van der Waals surface area (Å²) < 4.78 is 0. The summed E-state index contributed by atoms with van der Waals surface area (Å²) in [5.74, 6) is 7.42. The van der Waals surface area contributed by atoms with E-state index in [0.29, 0.717) is 5.92 Å². The molecule has 0 unspecified atom stereocenters. The topological polar surface area (TPSA) is 3.24 Å². The van der Waals surface area contributed by atoms with Crippen LogP contribution in [0.2, 0.25) is 0 Å². The fraction of sp³-hybridized carbons (Fsp3) is 0.769. The van der Waals surface area contributed by atoms with E-state index in [1.807, 2.05) is 0 Å². The highest BCUT2D eigenvalue weighted by atomic mass is 15.0. The number of hydrogen-bond acceptors (Lipinski definition) is 1. The van der Waals surface area contributed by atoms with Gasteiger partial charge in [0, 0.05) is 12.3 Å². The molecular weight excluding hydrogens is 170 g/mol. The molecule has 79 valence electrons. The van der Waals surface area contributed by atoms with Crippen molar-refractivity contribution in [2.24, 2.45) is 5.92 Å². The average Bonchev–Trinajstić information content (AvgIpc) is 2.18. The Kier molecular flexibility index (Phi) is 5.71. The van der Waals surface area contributed by atoms with Crippen LogP contribution >= 0.6 is 0 Å². The molecule has 0 atom stereocenters. The summed E-state index contributed by atoms with van der Waals surface area (Å²) in [6.07, 6.45) is 9.80. The fourth-order valence-corrected chi connectivity index (χ4v) is 1.77. The molecule has 0 saturated heterocycles. The van der Waals surface area contributed by atoms with Crippen LogP contribution in [0.1, 0.15) is 38.5 Å². The monoisotopic (exact) mass is 192 g/mol. The largest absolute Gasteiger partial charge is 0.309 e. The molecule has 0 spiro atoms. The summed E-state index contributed by atoms with van der Waals surface area (Å²) in [4.78, 5) is 2.22. The third-order valence-corrected chi connectivity index (χ3v) is 2.65. The zero-order chi connectivity index (χ0) is 10.2. The van der Waals surface area contributed by atoms with Crippen LogP contribution in [-0.4, -0.2) is 25.5 Å². The minimum Gasteiger partial charge on any atom is -0.309 e. The van der Waals surface area contributed by atoms with Crippen molar-refractivity contribution in [1.29, 1.82) is 0 Å². The van der Waals surface area contributed by atoms with E-state index in [4.69, 9.17) is 0 Å². The normalized spacial score (nSPS) is 17.9. The molecule has 0 aliphatic heterocycles. The SMILES string of the molecule is CN(C)CCCC#CC1CC[CH]CC1. The molecule has 0 amide bonds. The molecule has 1 aliphatic rings. The van der Waals surface area contributed by atoms with Crippen LogP contribution in [0.15, 0.2) is 0 Å². The van der Waals surface area contributed by atoms with Crippen molar-refractivity contribution in [2.45, 2.75) is 38.5 Å². The second-order valence-electron chi connectivity index (χ2n) is 4.37. The highest BCUT2D eigenvalue weighted by Gasteiger charge is 2.09. The summed E-state index contributed by atoms with van der Waals surface area (Å²) in [7, 11) is 4.23. The first-order chi connectivity index (χ1) is 6.79. The Morgan fingerprint density at radius 1 is 1.29 bits per heavy atom. The van der Waals surface area contributed by atoms with Crippen LogP contribution < -0.4 is 0 Å². The first-order valence-corrected chi connectivity index (χ1v) is 5.74. The van der Waals surface area contributed by atoms with Crippen LogP contribution in [0.4, 0.5) is 0 Å². The Hall–Kier alpha value is -0.480. The maximum Gasteiger partial charge on any atom is 0.0203 e. The highest BCUT2D eigenvalue weighted by Crippen LogP contribution is 2.21. The molecule has 0 aromatic heterocycles. The standard InChI is InChI=1S/C13H22N/c1-14(2)12-8-4-7-11-13-9-5-3-6-10-13/h3,13H,4-6,8-10,12H2,1-2H3. The van der Waals surface area contributed by atoms with Crippen molar-refractivity contribution < 1.29 is 0 Å². The van der Waals surface area contributed by atoms with Crippen LogP contribution in [0.3, 0.4) is 0 Å². The van der Waals surface area contributed by atoms with Gasteiger partial charge in [0.2, 0.25) is 0 Å². The van der Waals surface area contributed by atoms with E-state index < -0.39 is 0 Å². The Morgan fingerprint density at radius 2 is 2.00 bits per heavy atom. The van der Waals surface area contributed by atoms with Crippen molar-refractivity contribution in [3.05, 3.63) is 6.42 Å². The van der Waals surface area contributed by atoms with E-state index in [9.17, 15) is 0 Å². The molecule has 1 heteroatoms. The number of unbranched alkanes of at least 4 members (excludes halogenated alkanes) is 1. The molecule has 1 saturated carbocycles. The molecule has 1 aliphatic carbocycles. The highest BCUT2D eigenvalue weighted by molar-refractivity contribution is 5.05. The van der Waals surface area contributed by atoms with Gasteiger partial charge in [0.05, 0.1) is 0 Å². The van der Waals surface area contributed by atoms with E-state index in [-0.39, 0.29) is 0 Å². The van der Waals surface area contributed by atoms with Crippen molar-refractivity contribution in [3.8, 4) is 11.8 Å². The third kappa shape index (κ3) is 5.29. The molecule has 1 fully saturated rings. The summed E-state index contributed by atoms with van der Waals surface area (Å²) in [5.41, 5.74) is 0. The molecule has 1 nitrogen and oxygen atoms in total. The van der Waals surface area contributed by atoms with Crippen molar-refractivity contribution in [2.75, 3.05) is 20.6 Å². The summed E-state index contributed by atoms with van der Waals surface area (Å²) in [6.45, 7) is 1.16. The van der Waals surface area contributed by atoms with E-state index in [0.717, 1.165) is 13.0 Å². The second kappa shape index (κ2) is 6.90. The molecule has 1 radical (unpaired) electrons. The van der Waals surface area contributed by atoms with Gasteiger partial charge in [0.15, 0.2) is 0 Å². The van der Waals surface area contributed by atoms with Gasteiger partial charge in [-0.3, -0.25) is 0 Å². The van der Waals surface area contributed by atoms with Gasteiger partial charge in [-0.05, 0) is 59.2 Å².